The van der Waals surface area contributed by atoms with Crippen LogP contribution in [0.4, 0.5) is 10.5 Å². The van der Waals surface area contributed by atoms with E-state index in [2.05, 4.69) is 35.9 Å². The number of aromatic nitrogens is 6. The lowest BCUT2D eigenvalue weighted by atomic mass is 10.1. The molecule has 12 heteroatoms. The van der Waals surface area contributed by atoms with Crippen molar-refractivity contribution in [2.75, 3.05) is 12.4 Å². The third-order valence-electron chi connectivity index (χ3n) is 5.33. The molecule has 1 aromatic carbocycles. The molecule has 11 nitrogen and oxygen atoms in total. The fraction of sp³-hybridized carbons (Fsp3) is 0.130. The molecule has 5 rings (SSSR count). The van der Waals surface area contributed by atoms with Crippen molar-refractivity contribution in [2.45, 2.75) is 13.1 Å². The Morgan fingerprint density at radius 2 is 2.00 bits per heavy atom. The lowest BCUT2D eigenvalue weighted by molar-refractivity contribution is 0.194. The zero-order valence-electron chi connectivity index (χ0n) is 18.4. The minimum atomic E-state index is -1.11. The summed E-state index contributed by atoms with van der Waals surface area (Å²) < 4.78 is 6.89. The number of fused-ring (bicyclic) bond motifs is 2. The smallest absolute Gasteiger partial charge is 0.404 e. The molecule has 4 aromatic heterocycles. The second-order valence-electron chi connectivity index (χ2n) is 7.52. The molecule has 5 aromatic rings. The van der Waals surface area contributed by atoms with Crippen LogP contribution < -0.4 is 15.4 Å². The molecular formula is C23H19ClN8O3. The van der Waals surface area contributed by atoms with E-state index in [9.17, 15) is 4.79 Å². The van der Waals surface area contributed by atoms with Crippen molar-refractivity contribution in [3.05, 3.63) is 71.3 Å². The third kappa shape index (κ3) is 4.62. The van der Waals surface area contributed by atoms with Crippen LogP contribution in [0.2, 0.25) is 5.02 Å². The van der Waals surface area contributed by atoms with Crippen molar-refractivity contribution < 1.29 is 14.6 Å². The van der Waals surface area contributed by atoms with Gasteiger partial charge in [-0.3, -0.25) is 4.98 Å². The first-order chi connectivity index (χ1) is 17.0. The maximum Gasteiger partial charge on any atom is 0.404 e. The number of pyridine rings is 2. The van der Waals surface area contributed by atoms with Gasteiger partial charge in [0.2, 0.25) is 0 Å². The molecule has 0 aliphatic carbocycles. The molecule has 176 valence electrons. The summed E-state index contributed by atoms with van der Waals surface area (Å²) in [4.78, 5) is 19.5. The van der Waals surface area contributed by atoms with Crippen molar-refractivity contribution in [1.29, 1.82) is 0 Å². The molecule has 4 heterocycles. The quantitative estimate of drug-likeness (QED) is 0.311. The molecular weight excluding hydrogens is 472 g/mol. The number of nitrogens with zero attached hydrogens (tertiary/aromatic N) is 6. The van der Waals surface area contributed by atoms with Gasteiger partial charge < -0.3 is 20.5 Å². The van der Waals surface area contributed by atoms with Gasteiger partial charge in [0.25, 0.3) is 0 Å². The van der Waals surface area contributed by atoms with Gasteiger partial charge in [0.1, 0.15) is 11.3 Å². The molecule has 35 heavy (non-hydrogen) atoms. The van der Waals surface area contributed by atoms with E-state index >= 15 is 0 Å². The Bertz CT molecular complexity index is 1560. The van der Waals surface area contributed by atoms with E-state index in [4.69, 9.17) is 21.4 Å². The number of carboxylic acid groups (broad SMARTS) is 1. The fourth-order valence-electron chi connectivity index (χ4n) is 3.56. The Kier molecular flexibility index (Phi) is 5.98. The van der Waals surface area contributed by atoms with Crippen LogP contribution in [0.1, 0.15) is 11.4 Å². The van der Waals surface area contributed by atoms with Crippen LogP contribution in [0, 0.1) is 0 Å². The first-order valence-corrected chi connectivity index (χ1v) is 10.9. The van der Waals surface area contributed by atoms with Crippen LogP contribution in [0.3, 0.4) is 0 Å². The van der Waals surface area contributed by atoms with Gasteiger partial charge in [0.05, 0.1) is 36.7 Å². The normalized spacial score (nSPS) is 11.0. The Balaban J connectivity index is 1.40. The highest BCUT2D eigenvalue weighted by Crippen LogP contribution is 2.26. The van der Waals surface area contributed by atoms with Gasteiger partial charge in [0.15, 0.2) is 11.5 Å². The van der Waals surface area contributed by atoms with Crippen LogP contribution >= 0.6 is 11.6 Å². The van der Waals surface area contributed by atoms with Crippen molar-refractivity contribution in [2.24, 2.45) is 0 Å². The molecule has 0 radical (unpaired) electrons. The van der Waals surface area contributed by atoms with Gasteiger partial charge in [-0.15, -0.1) is 10.2 Å². The Hall–Kier alpha value is -4.51. The summed E-state index contributed by atoms with van der Waals surface area (Å²) in [5.41, 5.74) is 4.93. The lowest BCUT2D eigenvalue weighted by Gasteiger charge is -2.09. The number of amides is 1. The molecule has 3 N–H and O–H groups in total. The standard InChI is InChI=1S/C23H19ClN8O3/c1-35-15-9-19-22(27-11-15)18(6-7-25-19)26-12-21-30-29-20-5-4-17(31-32(20)21)13-2-3-14(16(24)8-13)10-28-23(33)34/h2-9,11,28H,10,12H2,1H3,(H,25,26)(H,33,34). The van der Waals surface area contributed by atoms with E-state index in [0.29, 0.717) is 51.1 Å². The molecule has 0 saturated carbocycles. The summed E-state index contributed by atoms with van der Waals surface area (Å²) in [6.45, 7) is 0.471. The molecule has 0 saturated heterocycles. The number of anilines is 1. The van der Waals surface area contributed by atoms with Gasteiger partial charge in [-0.05, 0) is 29.8 Å². The van der Waals surface area contributed by atoms with Crippen LogP contribution in [-0.2, 0) is 13.1 Å². The Morgan fingerprint density at radius 3 is 2.80 bits per heavy atom. The zero-order chi connectivity index (χ0) is 24.4. The number of carbonyl (C=O) groups is 1. The van der Waals surface area contributed by atoms with E-state index < -0.39 is 6.09 Å². The molecule has 0 atom stereocenters. The van der Waals surface area contributed by atoms with Crippen molar-refractivity contribution in [3.63, 3.8) is 0 Å². The number of nitrogens with one attached hydrogen (secondary N) is 2. The summed E-state index contributed by atoms with van der Waals surface area (Å²) in [7, 11) is 1.58. The van der Waals surface area contributed by atoms with Gasteiger partial charge in [-0.25, -0.2) is 9.78 Å². The number of benzene rings is 1. The first-order valence-electron chi connectivity index (χ1n) is 10.5. The zero-order valence-corrected chi connectivity index (χ0v) is 19.2. The summed E-state index contributed by atoms with van der Waals surface area (Å²) in [5, 5.41) is 28.0. The van der Waals surface area contributed by atoms with Crippen molar-refractivity contribution in [3.8, 4) is 17.0 Å². The highest BCUT2D eigenvalue weighted by molar-refractivity contribution is 6.31. The lowest BCUT2D eigenvalue weighted by Crippen LogP contribution is -2.20. The van der Waals surface area contributed by atoms with Gasteiger partial charge in [0, 0.05) is 29.4 Å². The monoisotopic (exact) mass is 490 g/mol. The number of rotatable bonds is 7. The predicted molar refractivity (Wildman–Crippen MR) is 130 cm³/mol. The molecule has 0 fully saturated rings. The highest BCUT2D eigenvalue weighted by Gasteiger charge is 2.12. The van der Waals surface area contributed by atoms with E-state index in [1.54, 1.807) is 36.2 Å². The number of hydrogen-bond acceptors (Lipinski definition) is 8. The maximum absolute atomic E-state index is 10.7. The van der Waals surface area contributed by atoms with Gasteiger partial charge in [-0.1, -0.05) is 23.7 Å². The summed E-state index contributed by atoms with van der Waals surface area (Å²) in [6, 6.07) is 12.7. The molecule has 0 spiro atoms. The largest absolute Gasteiger partial charge is 0.495 e. The minimum absolute atomic E-state index is 0.119. The Morgan fingerprint density at radius 1 is 1.11 bits per heavy atom. The van der Waals surface area contributed by atoms with Crippen molar-refractivity contribution in [1.82, 2.24) is 35.1 Å². The van der Waals surface area contributed by atoms with E-state index in [0.717, 1.165) is 11.3 Å². The summed E-state index contributed by atoms with van der Waals surface area (Å²) in [6.07, 6.45) is 2.23. The van der Waals surface area contributed by atoms with Gasteiger partial charge in [-0.2, -0.15) is 9.61 Å². The Labute approximate surface area is 203 Å². The fourth-order valence-corrected chi connectivity index (χ4v) is 3.81. The molecule has 0 bridgehead atoms. The van der Waals surface area contributed by atoms with E-state index in [1.165, 1.54) is 0 Å². The van der Waals surface area contributed by atoms with Crippen LogP contribution in [0.15, 0.2) is 54.9 Å². The molecule has 0 unspecified atom stereocenters. The van der Waals surface area contributed by atoms with E-state index in [-0.39, 0.29) is 6.54 Å². The topological polar surface area (TPSA) is 139 Å². The van der Waals surface area contributed by atoms with E-state index in [1.807, 2.05) is 30.3 Å². The summed E-state index contributed by atoms with van der Waals surface area (Å²) in [5.74, 6) is 1.24. The summed E-state index contributed by atoms with van der Waals surface area (Å²) >= 11 is 6.35. The maximum atomic E-state index is 10.7. The first kappa shape index (κ1) is 22.3. The molecule has 1 amide bonds. The number of methoxy groups -OCH3 is 1. The minimum Gasteiger partial charge on any atom is -0.495 e. The number of ether oxygens (including phenoxy) is 1. The predicted octanol–water partition coefficient (Wildman–Crippen LogP) is 3.78. The molecule has 0 aliphatic rings. The van der Waals surface area contributed by atoms with Crippen molar-refractivity contribution >= 4 is 40.1 Å². The van der Waals surface area contributed by atoms with Crippen LogP contribution in [0.25, 0.3) is 27.9 Å². The third-order valence-corrected chi connectivity index (χ3v) is 5.68. The molecule has 0 aliphatic heterocycles. The van der Waals surface area contributed by atoms with Gasteiger partial charge >= 0.3 is 6.09 Å². The second kappa shape index (κ2) is 9.39. The number of halogens is 1. The SMILES string of the molecule is COc1cnc2c(NCc3nnc4ccc(-c5ccc(CNC(=O)O)c(Cl)c5)nn34)ccnc2c1. The number of hydrogen-bond donors (Lipinski definition) is 3. The van der Waals surface area contributed by atoms with Crippen LogP contribution in [-0.4, -0.2) is 48.1 Å². The average molecular weight is 491 g/mol. The highest BCUT2D eigenvalue weighted by atomic mass is 35.5. The average Bonchev–Trinajstić information content (AvgIpc) is 3.28. The van der Waals surface area contributed by atoms with Crippen LogP contribution in [0.5, 0.6) is 5.75 Å². The second-order valence-corrected chi connectivity index (χ2v) is 7.93.